The highest BCUT2D eigenvalue weighted by molar-refractivity contribution is 7.94. The third-order valence-corrected chi connectivity index (χ3v) is 30.6. The summed E-state index contributed by atoms with van der Waals surface area (Å²) < 4.78 is 83.9. The van der Waals surface area contributed by atoms with E-state index in [0.29, 0.717) is 99.4 Å². The van der Waals surface area contributed by atoms with Crippen molar-refractivity contribution in [2.45, 2.75) is 153 Å². The summed E-state index contributed by atoms with van der Waals surface area (Å²) in [6.45, 7) is 10.00. The predicted molar refractivity (Wildman–Crippen MR) is 505 cm³/mol. The molecule has 20 rings (SSSR count). The van der Waals surface area contributed by atoms with E-state index in [-0.39, 0.29) is 46.4 Å². The van der Waals surface area contributed by atoms with Crippen LogP contribution in [0.3, 0.4) is 0 Å². The minimum Gasteiger partial charge on any atom is -0.481 e. The fraction of sp³-hybridized carbons (Fsp3) is 0.391. The molecule has 702 valence electrons. The number of aromatic nitrogens is 12. The van der Waals surface area contributed by atoms with Crippen LogP contribution in [0.2, 0.25) is 0 Å². The molecule has 0 spiro atoms. The van der Waals surface area contributed by atoms with Crippen molar-refractivity contribution in [1.82, 2.24) is 102 Å². The number of nitrogens with zero attached hydrogens (tertiary/aromatic N) is 17. The van der Waals surface area contributed by atoms with Crippen LogP contribution < -0.4 is 33.2 Å². The molecule has 0 bridgehead atoms. The number of likely N-dealkylation sites (tertiary alicyclic amines) is 4. The molecule has 1 aliphatic carbocycles. The summed E-state index contributed by atoms with van der Waals surface area (Å²) in [4.78, 5) is 125. The molecule has 37 nitrogen and oxygen atoms in total. The summed E-state index contributed by atoms with van der Waals surface area (Å²) in [7, 11) is -6.24. The second-order valence-electron chi connectivity index (χ2n) is 34.0. The Morgan fingerprint density at radius 1 is 0.410 bits per heavy atom. The van der Waals surface area contributed by atoms with Gasteiger partial charge in [0.25, 0.3) is 35.4 Å². The van der Waals surface area contributed by atoms with Gasteiger partial charge in [-0.15, -0.1) is 0 Å². The Kier molecular flexibility index (Phi) is 30.8. The molecule has 10 aliphatic heterocycles. The SMILES string of the molecule is CCCC(=O)N1CCC(c2cnn(C3=CC(=O)NS3=O)c2)CC1.COc1nc(-c2ccnc(N3CCCC3)c2)ccc1-c1cnn(C2=CC(=O)NS2=O)c1.O=C1C=C(n2cc(C3CCN(C(=O)CC4CCCCC4)CC3)cn2)S(=O)N1.O=C1C=C(n2cc(C3CCN(C(=O)Cc4ccccc4)CC3)cn2)S(=O)N1.O=C1C=C(n2cc(C3CCN(C(=O)c4ccccc4)CC3)cn2)S(=O)N1. The Hall–Kier alpha value is -12.9. The molecule has 5 unspecified atom stereocenters. The average molecular weight is 1920 g/mol. The van der Waals surface area contributed by atoms with Crippen molar-refractivity contribution in [2.24, 2.45) is 5.92 Å². The van der Waals surface area contributed by atoms with Crippen molar-refractivity contribution in [2.75, 3.05) is 77.5 Å². The predicted octanol–water partition coefficient (Wildman–Crippen LogP) is 8.26. The Morgan fingerprint density at radius 2 is 0.799 bits per heavy atom. The fourth-order valence-electron chi connectivity index (χ4n) is 18.0. The molecule has 5 atom stereocenters. The first kappa shape index (κ1) is 94.3. The molecular weight excluding hydrogens is 1810 g/mol. The van der Waals surface area contributed by atoms with Gasteiger partial charge in [-0.2, -0.15) is 25.5 Å². The molecule has 6 fully saturated rings. The molecule has 0 radical (unpaired) electrons. The first-order valence-electron chi connectivity index (χ1n) is 45.0. The highest BCUT2D eigenvalue weighted by Gasteiger charge is 2.35. The molecule has 42 heteroatoms. The van der Waals surface area contributed by atoms with Crippen LogP contribution in [-0.4, -0.2) is 225 Å². The lowest BCUT2D eigenvalue weighted by molar-refractivity contribution is -0.134. The van der Waals surface area contributed by atoms with Gasteiger partial charge in [-0.05, 0) is 177 Å². The van der Waals surface area contributed by atoms with E-state index < -0.39 is 60.8 Å². The highest BCUT2D eigenvalue weighted by Crippen LogP contribution is 2.38. The van der Waals surface area contributed by atoms with Gasteiger partial charge in [0.05, 0.1) is 50.2 Å². The number of methoxy groups -OCH3 is 1. The first-order valence-corrected chi connectivity index (χ1v) is 50.7. The first-order chi connectivity index (χ1) is 65.0. The van der Waals surface area contributed by atoms with E-state index in [2.05, 4.69) is 65.1 Å². The number of hydrogen-bond acceptors (Lipinski definition) is 23. The minimum absolute atomic E-state index is 0.0656. The largest absolute Gasteiger partial charge is 0.481 e. The van der Waals surface area contributed by atoms with Crippen molar-refractivity contribution in [3.05, 3.63) is 217 Å². The number of piperidine rings is 4. The molecule has 17 heterocycles. The lowest BCUT2D eigenvalue weighted by Gasteiger charge is -2.33. The van der Waals surface area contributed by atoms with Crippen LogP contribution in [0.25, 0.3) is 47.5 Å². The molecule has 5 N–H and O–H groups in total. The molecule has 2 aromatic carbocycles. The van der Waals surface area contributed by atoms with E-state index in [9.17, 15) is 64.2 Å². The van der Waals surface area contributed by atoms with Gasteiger partial charge in [0, 0.05) is 168 Å². The van der Waals surface area contributed by atoms with Crippen molar-refractivity contribution < 1.29 is 68.9 Å². The zero-order chi connectivity index (χ0) is 93.5. The van der Waals surface area contributed by atoms with E-state index in [4.69, 9.17) is 9.72 Å². The maximum atomic E-state index is 12.6. The second-order valence-corrected chi connectivity index (χ2v) is 39.8. The maximum absolute atomic E-state index is 12.6. The molecule has 5 saturated heterocycles. The van der Waals surface area contributed by atoms with Gasteiger partial charge in [0.15, 0.2) is 80.1 Å². The quantitative estimate of drug-likeness (QED) is 0.0479. The van der Waals surface area contributed by atoms with Crippen LogP contribution >= 0.6 is 0 Å². The number of hydrogen-bond donors (Lipinski definition) is 5. The van der Waals surface area contributed by atoms with Gasteiger partial charge in [-0.3, -0.25) is 66.8 Å². The van der Waals surface area contributed by atoms with Crippen LogP contribution in [0.5, 0.6) is 5.88 Å². The number of pyridine rings is 2. The van der Waals surface area contributed by atoms with Crippen LogP contribution in [0.4, 0.5) is 5.82 Å². The van der Waals surface area contributed by atoms with Crippen molar-refractivity contribution in [3.63, 3.8) is 0 Å². The van der Waals surface area contributed by atoms with E-state index in [1.54, 1.807) is 50.5 Å². The van der Waals surface area contributed by atoms with E-state index in [0.717, 1.165) is 166 Å². The fourth-order valence-corrected chi connectivity index (χ4v) is 22.1. The normalized spacial score (nSPS) is 21.1. The van der Waals surface area contributed by atoms with Crippen molar-refractivity contribution in [3.8, 4) is 28.3 Å². The Labute approximate surface area is 786 Å². The summed E-state index contributed by atoms with van der Waals surface area (Å²) in [6, 6.07) is 26.9. The summed E-state index contributed by atoms with van der Waals surface area (Å²) in [5, 5.41) is 22.9. The van der Waals surface area contributed by atoms with Gasteiger partial charge < -0.3 is 29.2 Å². The zero-order valence-corrected chi connectivity index (χ0v) is 78.1. The smallest absolute Gasteiger partial charge is 0.258 e. The third kappa shape index (κ3) is 23.3. The highest BCUT2D eigenvalue weighted by atomic mass is 32.2. The third-order valence-electron chi connectivity index (χ3n) is 25.2. The molecular formula is C92H104N22O15S5. The molecule has 134 heavy (non-hydrogen) atoms. The Balaban J connectivity index is 0.000000122. The van der Waals surface area contributed by atoms with Gasteiger partial charge in [0.2, 0.25) is 23.6 Å². The molecule has 7 aromatic heterocycles. The summed E-state index contributed by atoms with van der Waals surface area (Å²) in [5.41, 5.74) is 9.20. The average Bonchev–Trinajstić information content (AvgIpc) is 1.46. The van der Waals surface area contributed by atoms with E-state index >= 15 is 0 Å². The van der Waals surface area contributed by atoms with E-state index in [1.807, 2.05) is 130 Å². The Bertz CT molecular complexity index is 6170. The maximum Gasteiger partial charge on any atom is 0.258 e. The van der Waals surface area contributed by atoms with Gasteiger partial charge in [-0.25, -0.2) is 54.4 Å². The van der Waals surface area contributed by atoms with Crippen LogP contribution in [-0.2, 0) is 99.7 Å². The van der Waals surface area contributed by atoms with Crippen LogP contribution in [0.1, 0.15) is 184 Å². The summed E-state index contributed by atoms with van der Waals surface area (Å²) >= 11 is 0. The standard InChI is InChI=1S/C21H20N6O3S.C19H26N4O3S.C19H20N4O3S.C18H18N4O3S.C15H20N4O3S/c1-30-21-16(15-12-23-27(13-15)20-11-19(28)25-31(20)29)4-5-17(24-21)14-6-7-22-18(10-14)26-8-2-3-9-26;2*24-17-11-19(27(26)21-17)23-13-16(12-20-23)15-6-8-22(9-7-15)18(25)10-14-4-2-1-3-5-14;23-16-10-17(26(25)20-16)22-12-15(11-19-22)13-6-8-21(9-7-13)18(24)14-4-2-1-3-5-14;1-2-3-14(21)18-6-4-11(5-7-18)12-9-16-19(10-12)15-8-13(20)17-23(15)22/h4-7,10-13H,2-3,8-9H2,1H3,(H,25,28);11-15H,1-10H2,(H,21,24);1-5,11-13,15H,6-10H2,(H,21,24);1-5,10-13H,6-9H2,(H,20,23);8-11H,2-7H2,1H3,(H,17,20). The number of anilines is 1. The lowest BCUT2D eigenvalue weighted by atomic mass is 9.86. The number of nitrogens with one attached hydrogen (secondary N) is 5. The zero-order valence-electron chi connectivity index (χ0n) is 74.0. The summed E-state index contributed by atoms with van der Waals surface area (Å²) in [5.74, 6) is 2.18. The molecule has 9 aromatic rings. The van der Waals surface area contributed by atoms with Gasteiger partial charge in [0.1, 0.15) is 5.82 Å². The number of ether oxygens (including phenoxy) is 1. The van der Waals surface area contributed by atoms with Crippen LogP contribution in [0, 0.1) is 5.92 Å². The van der Waals surface area contributed by atoms with E-state index in [1.165, 1.54) is 98.7 Å². The molecule has 11 aliphatic rings. The number of amides is 9. The minimum atomic E-state index is -1.62. The molecule has 1 saturated carbocycles. The lowest BCUT2D eigenvalue weighted by Crippen LogP contribution is -2.38. The number of carbonyl (C=O) groups excluding carboxylic acids is 9. The number of rotatable bonds is 20. The molecule has 9 amide bonds. The number of benzene rings is 2. The van der Waals surface area contributed by atoms with Crippen molar-refractivity contribution >= 4 is 139 Å². The van der Waals surface area contributed by atoms with Gasteiger partial charge in [-0.1, -0.05) is 74.7 Å². The van der Waals surface area contributed by atoms with Gasteiger partial charge >= 0.3 is 0 Å². The Morgan fingerprint density at radius 3 is 1.20 bits per heavy atom. The topological polar surface area (TPSA) is 439 Å². The second kappa shape index (κ2) is 43.8. The monoisotopic (exact) mass is 1920 g/mol. The number of carbonyl (C=O) groups is 9. The van der Waals surface area contributed by atoms with Crippen molar-refractivity contribution in [1.29, 1.82) is 0 Å². The van der Waals surface area contributed by atoms with Crippen LogP contribution in [0.15, 0.2) is 183 Å². The summed E-state index contributed by atoms with van der Waals surface area (Å²) in [6.07, 6.45) is 44.4.